The number of rotatable bonds is 5. The number of nitrogens with two attached hydrogens (primary N) is 1. The lowest BCUT2D eigenvalue weighted by Crippen LogP contribution is -2.26. The highest BCUT2D eigenvalue weighted by molar-refractivity contribution is 6.00. The number of anilines is 2. The van der Waals surface area contributed by atoms with E-state index in [4.69, 9.17) is 10.8 Å². The minimum atomic E-state index is -0.180. The lowest BCUT2D eigenvalue weighted by Gasteiger charge is -2.18. The zero-order valence-electron chi connectivity index (χ0n) is 10.2. The van der Waals surface area contributed by atoms with Gasteiger partial charge in [-0.25, -0.2) is 0 Å². The first-order chi connectivity index (χ1) is 8.12. The molecule has 0 radical (unpaired) electrons. The summed E-state index contributed by atoms with van der Waals surface area (Å²) in [6, 6.07) is 4.96. The molecule has 5 nitrogen and oxygen atoms in total. The second kappa shape index (κ2) is 6.10. The number of carbonyl (C=O) groups excluding carboxylic acids is 1. The Bertz CT molecular complexity index is 389. The first kappa shape index (κ1) is 13.3. The molecule has 1 unspecified atom stereocenters. The van der Waals surface area contributed by atoms with E-state index in [0.717, 1.165) is 6.42 Å². The summed E-state index contributed by atoms with van der Waals surface area (Å²) in [5.41, 5.74) is 7.44. The van der Waals surface area contributed by atoms with E-state index >= 15 is 0 Å². The highest BCUT2D eigenvalue weighted by Gasteiger charge is 2.13. The van der Waals surface area contributed by atoms with Gasteiger partial charge in [0.2, 0.25) is 0 Å². The van der Waals surface area contributed by atoms with E-state index in [2.05, 4.69) is 10.6 Å². The molecule has 94 valence electrons. The average Bonchev–Trinajstić information content (AvgIpc) is 2.35. The van der Waals surface area contributed by atoms with Crippen LogP contribution in [0.1, 0.15) is 23.7 Å². The van der Waals surface area contributed by atoms with Crippen LogP contribution in [0.25, 0.3) is 0 Å². The smallest absolute Gasteiger partial charge is 0.253 e. The highest BCUT2D eigenvalue weighted by Crippen LogP contribution is 2.20. The van der Waals surface area contributed by atoms with Crippen molar-refractivity contribution >= 4 is 17.3 Å². The first-order valence-corrected chi connectivity index (χ1v) is 5.61. The third kappa shape index (κ3) is 3.35. The van der Waals surface area contributed by atoms with Gasteiger partial charge in [0, 0.05) is 24.5 Å². The molecule has 0 aliphatic carbocycles. The number of aliphatic hydroxyl groups is 1. The normalized spacial score (nSPS) is 11.9. The maximum Gasteiger partial charge on any atom is 0.253 e. The molecular formula is C12H19N3O2. The van der Waals surface area contributed by atoms with E-state index in [1.807, 2.05) is 6.92 Å². The Morgan fingerprint density at radius 2 is 2.24 bits per heavy atom. The van der Waals surface area contributed by atoms with E-state index in [1.54, 1.807) is 25.2 Å². The van der Waals surface area contributed by atoms with E-state index in [9.17, 15) is 4.79 Å². The Balaban J connectivity index is 3.02. The van der Waals surface area contributed by atoms with Crippen molar-refractivity contribution < 1.29 is 9.90 Å². The highest BCUT2D eigenvalue weighted by atomic mass is 16.3. The van der Waals surface area contributed by atoms with Gasteiger partial charge < -0.3 is 21.5 Å². The van der Waals surface area contributed by atoms with Crippen LogP contribution >= 0.6 is 0 Å². The molecule has 0 saturated carbocycles. The fourth-order valence-electron chi connectivity index (χ4n) is 1.51. The number of nitrogen functional groups attached to an aromatic ring is 1. The van der Waals surface area contributed by atoms with Crippen molar-refractivity contribution in [3.8, 4) is 0 Å². The molecule has 0 aliphatic heterocycles. The molecular weight excluding hydrogens is 218 g/mol. The quantitative estimate of drug-likeness (QED) is 0.571. The van der Waals surface area contributed by atoms with Crippen molar-refractivity contribution in [2.75, 3.05) is 24.7 Å². The van der Waals surface area contributed by atoms with Gasteiger partial charge in [0.05, 0.1) is 12.2 Å². The van der Waals surface area contributed by atoms with Crippen molar-refractivity contribution in [1.82, 2.24) is 5.32 Å². The molecule has 0 bridgehead atoms. The second-order valence-electron chi connectivity index (χ2n) is 3.82. The first-order valence-electron chi connectivity index (χ1n) is 5.61. The molecule has 0 saturated heterocycles. The predicted molar refractivity (Wildman–Crippen MR) is 69.0 cm³/mol. The van der Waals surface area contributed by atoms with Gasteiger partial charge in [-0.05, 0) is 24.6 Å². The van der Waals surface area contributed by atoms with Crippen LogP contribution in [0, 0.1) is 0 Å². The number of amides is 1. The largest absolute Gasteiger partial charge is 0.399 e. The SMILES string of the molecule is CCC(CO)Nc1cc(N)ccc1C(=O)NC. The summed E-state index contributed by atoms with van der Waals surface area (Å²) in [5, 5.41) is 14.8. The van der Waals surface area contributed by atoms with Crippen molar-refractivity contribution in [2.24, 2.45) is 0 Å². The topological polar surface area (TPSA) is 87.4 Å². The molecule has 0 fully saturated rings. The van der Waals surface area contributed by atoms with E-state index < -0.39 is 0 Å². The molecule has 17 heavy (non-hydrogen) atoms. The minimum Gasteiger partial charge on any atom is -0.399 e. The van der Waals surface area contributed by atoms with Crippen LogP contribution < -0.4 is 16.4 Å². The number of benzene rings is 1. The van der Waals surface area contributed by atoms with Crippen LogP contribution in [-0.2, 0) is 0 Å². The molecule has 5 N–H and O–H groups in total. The summed E-state index contributed by atoms with van der Waals surface area (Å²) in [4.78, 5) is 11.6. The molecule has 5 heteroatoms. The Labute approximate surface area is 101 Å². The molecule has 0 aromatic heterocycles. The van der Waals surface area contributed by atoms with E-state index in [0.29, 0.717) is 16.9 Å². The Hall–Kier alpha value is -1.75. The van der Waals surface area contributed by atoms with Crippen LogP contribution in [0.4, 0.5) is 11.4 Å². The van der Waals surface area contributed by atoms with Gasteiger partial charge in [-0.3, -0.25) is 4.79 Å². The number of carbonyl (C=O) groups is 1. The van der Waals surface area contributed by atoms with Crippen molar-refractivity contribution in [1.29, 1.82) is 0 Å². The summed E-state index contributed by atoms with van der Waals surface area (Å²) >= 11 is 0. The standard InChI is InChI=1S/C12H19N3O2/c1-3-9(7-16)15-11-6-8(13)4-5-10(11)12(17)14-2/h4-6,9,15-16H,3,7,13H2,1-2H3,(H,14,17). The summed E-state index contributed by atoms with van der Waals surface area (Å²) in [6.45, 7) is 1.97. The molecule has 1 amide bonds. The van der Waals surface area contributed by atoms with E-state index in [1.165, 1.54) is 0 Å². The zero-order valence-corrected chi connectivity index (χ0v) is 10.2. The average molecular weight is 237 g/mol. The summed E-state index contributed by atoms with van der Waals surface area (Å²) in [5.74, 6) is -0.180. The fraction of sp³-hybridized carbons (Fsp3) is 0.417. The number of nitrogens with one attached hydrogen (secondary N) is 2. The van der Waals surface area contributed by atoms with Gasteiger partial charge in [0.15, 0.2) is 0 Å². The van der Waals surface area contributed by atoms with Gasteiger partial charge in [-0.2, -0.15) is 0 Å². The maximum absolute atomic E-state index is 11.6. The minimum absolute atomic E-state index is 0.0124. The van der Waals surface area contributed by atoms with Crippen LogP contribution in [-0.4, -0.2) is 30.7 Å². The fourth-order valence-corrected chi connectivity index (χ4v) is 1.51. The van der Waals surface area contributed by atoms with Crippen LogP contribution in [0.15, 0.2) is 18.2 Å². The van der Waals surface area contributed by atoms with Crippen molar-refractivity contribution in [3.63, 3.8) is 0 Å². The Morgan fingerprint density at radius 3 is 2.76 bits per heavy atom. The molecule has 0 spiro atoms. The van der Waals surface area contributed by atoms with Crippen LogP contribution in [0.3, 0.4) is 0 Å². The van der Waals surface area contributed by atoms with Crippen LogP contribution in [0.2, 0.25) is 0 Å². The summed E-state index contributed by atoms with van der Waals surface area (Å²) < 4.78 is 0. The molecule has 1 aromatic carbocycles. The summed E-state index contributed by atoms with van der Waals surface area (Å²) in [6.07, 6.45) is 0.762. The monoisotopic (exact) mass is 237 g/mol. The van der Waals surface area contributed by atoms with Gasteiger partial charge in [0.1, 0.15) is 0 Å². The Morgan fingerprint density at radius 1 is 1.53 bits per heavy atom. The molecule has 0 aliphatic rings. The van der Waals surface area contributed by atoms with Gasteiger partial charge >= 0.3 is 0 Å². The van der Waals surface area contributed by atoms with E-state index in [-0.39, 0.29) is 18.6 Å². The number of hydrogen-bond donors (Lipinski definition) is 4. The molecule has 1 atom stereocenters. The van der Waals surface area contributed by atoms with Gasteiger partial charge in [-0.1, -0.05) is 6.92 Å². The third-order valence-electron chi connectivity index (χ3n) is 2.59. The number of hydrogen-bond acceptors (Lipinski definition) is 4. The second-order valence-corrected chi connectivity index (χ2v) is 3.82. The maximum atomic E-state index is 11.6. The van der Waals surface area contributed by atoms with Gasteiger partial charge in [0.25, 0.3) is 5.91 Å². The lowest BCUT2D eigenvalue weighted by molar-refractivity contribution is 0.0964. The summed E-state index contributed by atoms with van der Waals surface area (Å²) in [7, 11) is 1.58. The van der Waals surface area contributed by atoms with Crippen LogP contribution in [0.5, 0.6) is 0 Å². The van der Waals surface area contributed by atoms with Gasteiger partial charge in [-0.15, -0.1) is 0 Å². The third-order valence-corrected chi connectivity index (χ3v) is 2.59. The molecule has 0 heterocycles. The lowest BCUT2D eigenvalue weighted by atomic mass is 10.1. The predicted octanol–water partition coefficient (Wildman–Crippen LogP) is 0.811. The molecule has 1 aromatic rings. The molecule has 1 rings (SSSR count). The number of aliphatic hydroxyl groups excluding tert-OH is 1. The Kier molecular flexibility index (Phi) is 4.78. The zero-order chi connectivity index (χ0) is 12.8. The van der Waals surface area contributed by atoms with Crippen molar-refractivity contribution in [3.05, 3.63) is 23.8 Å². The van der Waals surface area contributed by atoms with Crippen molar-refractivity contribution in [2.45, 2.75) is 19.4 Å².